The molecule has 2 heteroatoms. The number of rotatable bonds is 18. The van der Waals surface area contributed by atoms with Gasteiger partial charge >= 0.3 is 0 Å². The average molecular weight is 440 g/mol. The summed E-state index contributed by atoms with van der Waals surface area (Å²) in [4.78, 5) is 0. The third-order valence-electron chi connectivity index (χ3n) is 6.01. The zero-order chi connectivity index (χ0) is 20.5. The molecule has 0 aromatic heterocycles. The van der Waals surface area contributed by atoms with E-state index in [1.165, 1.54) is 120 Å². The van der Waals surface area contributed by atoms with Crippen LogP contribution in [0.4, 0.5) is 0 Å². The first-order valence-corrected chi connectivity index (χ1v) is 12.4. The van der Waals surface area contributed by atoms with E-state index in [4.69, 9.17) is 5.73 Å². The molecule has 0 aliphatic rings. The van der Waals surface area contributed by atoms with E-state index in [0.717, 1.165) is 0 Å². The van der Waals surface area contributed by atoms with Crippen LogP contribution in [0.2, 0.25) is 0 Å². The molecule has 0 atom stereocenters. The molecule has 178 valence electrons. The molecule has 2 N–H and O–H groups in total. The van der Waals surface area contributed by atoms with Crippen LogP contribution in [-0.2, 0) is 12.0 Å². The summed E-state index contributed by atoms with van der Waals surface area (Å²) in [5.74, 6) is 0. The van der Waals surface area contributed by atoms with Crippen LogP contribution >= 0.6 is 12.4 Å². The molecular formula is C28H54ClN. The summed E-state index contributed by atoms with van der Waals surface area (Å²) in [6.07, 6.45) is 24.0. The normalized spacial score (nSPS) is 11.1. The van der Waals surface area contributed by atoms with Crippen LogP contribution in [0.3, 0.4) is 0 Å². The zero-order valence-electron chi connectivity index (χ0n) is 19.8. The van der Waals surface area contributed by atoms with Crippen molar-refractivity contribution in [3.63, 3.8) is 0 Å². The summed E-state index contributed by atoms with van der Waals surface area (Å²) in [7, 11) is 0. The van der Waals surface area contributed by atoms with Gasteiger partial charge in [-0.05, 0) is 37.8 Å². The molecule has 0 aliphatic carbocycles. The van der Waals surface area contributed by atoms with Gasteiger partial charge in [-0.2, -0.15) is 0 Å². The van der Waals surface area contributed by atoms with Gasteiger partial charge in [0.25, 0.3) is 0 Å². The summed E-state index contributed by atoms with van der Waals surface area (Å²) < 4.78 is 0. The summed E-state index contributed by atoms with van der Waals surface area (Å²) in [5, 5.41) is 0. The van der Waals surface area contributed by atoms with Crippen LogP contribution in [0, 0.1) is 0 Å². The van der Waals surface area contributed by atoms with Crippen molar-refractivity contribution < 1.29 is 0 Å². The lowest BCUT2D eigenvalue weighted by Crippen LogP contribution is -2.30. The smallest absolute Gasteiger partial charge is 0.0355 e. The van der Waals surface area contributed by atoms with Crippen LogP contribution in [0.5, 0.6) is 0 Å². The van der Waals surface area contributed by atoms with Crippen molar-refractivity contribution in [1.29, 1.82) is 0 Å². The number of benzene rings is 1. The van der Waals surface area contributed by atoms with Crippen LogP contribution in [-0.4, -0.2) is 0 Å². The topological polar surface area (TPSA) is 26.0 Å². The highest BCUT2D eigenvalue weighted by atomic mass is 35.5. The molecule has 0 bridgehead atoms. The van der Waals surface area contributed by atoms with Crippen molar-refractivity contribution in [3.05, 3.63) is 35.4 Å². The SMILES string of the molecule is C.CCCCCCCCCCCCCCCCCCc1ccccc1C(C)(C)N.Cl. The van der Waals surface area contributed by atoms with E-state index in [-0.39, 0.29) is 25.4 Å². The summed E-state index contributed by atoms with van der Waals surface area (Å²) in [6, 6.07) is 8.72. The van der Waals surface area contributed by atoms with Gasteiger partial charge in [-0.3, -0.25) is 0 Å². The Bertz CT molecular complexity index is 478. The minimum Gasteiger partial charge on any atom is -0.322 e. The molecule has 0 aliphatic heterocycles. The Kier molecular flexibility index (Phi) is 21.5. The lowest BCUT2D eigenvalue weighted by atomic mass is 9.89. The Morgan fingerprint density at radius 1 is 0.633 bits per heavy atom. The Balaban J connectivity index is 0. The zero-order valence-corrected chi connectivity index (χ0v) is 20.6. The second-order valence-electron chi connectivity index (χ2n) is 9.43. The standard InChI is InChI=1S/C27H49N.CH4.ClH/c1-4-5-6-7-8-9-10-11-12-13-14-15-16-17-18-19-22-25-23-20-21-24-26(25)27(2,3)28;;/h20-21,23-24H,4-19,22,28H2,1-3H3;1H4;1H. The molecule has 1 rings (SSSR count). The lowest BCUT2D eigenvalue weighted by molar-refractivity contribution is 0.527. The molecule has 0 heterocycles. The van der Waals surface area contributed by atoms with Gasteiger partial charge < -0.3 is 5.73 Å². The monoisotopic (exact) mass is 439 g/mol. The third kappa shape index (κ3) is 16.2. The largest absolute Gasteiger partial charge is 0.322 e. The first-order valence-electron chi connectivity index (χ1n) is 12.4. The fraction of sp³-hybridized carbons (Fsp3) is 0.786. The molecule has 0 spiro atoms. The van der Waals surface area contributed by atoms with Crippen molar-refractivity contribution in [2.45, 2.75) is 143 Å². The first kappa shape index (κ1) is 31.7. The molecule has 30 heavy (non-hydrogen) atoms. The van der Waals surface area contributed by atoms with Crippen LogP contribution in [0.1, 0.15) is 142 Å². The van der Waals surface area contributed by atoms with E-state index in [1.54, 1.807) is 0 Å². The van der Waals surface area contributed by atoms with Gasteiger partial charge in [-0.15, -0.1) is 12.4 Å². The van der Waals surface area contributed by atoms with E-state index >= 15 is 0 Å². The second kappa shape index (κ2) is 20.4. The molecule has 0 saturated heterocycles. The summed E-state index contributed by atoms with van der Waals surface area (Å²) in [5.41, 5.74) is 8.85. The number of halogens is 1. The van der Waals surface area contributed by atoms with Crippen molar-refractivity contribution in [3.8, 4) is 0 Å². The maximum absolute atomic E-state index is 6.32. The van der Waals surface area contributed by atoms with Crippen LogP contribution < -0.4 is 5.73 Å². The quantitative estimate of drug-likeness (QED) is 0.226. The van der Waals surface area contributed by atoms with Crippen molar-refractivity contribution in [1.82, 2.24) is 0 Å². The predicted octanol–water partition coefficient (Wildman–Crippen LogP) is 9.74. The number of aryl methyl sites for hydroxylation is 1. The van der Waals surface area contributed by atoms with Crippen LogP contribution in [0.25, 0.3) is 0 Å². The molecule has 0 saturated carbocycles. The van der Waals surface area contributed by atoms with E-state index in [0.29, 0.717) is 0 Å². The lowest BCUT2D eigenvalue weighted by Gasteiger charge is -2.23. The Morgan fingerprint density at radius 3 is 1.40 bits per heavy atom. The van der Waals surface area contributed by atoms with E-state index < -0.39 is 0 Å². The van der Waals surface area contributed by atoms with Crippen molar-refractivity contribution in [2.75, 3.05) is 0 Å². The highest BCUT2D eigenvalue weighted by Gasteiger charge is 2.17. The molecular weight excluding hydrogens is 386 g/mol. The second-order valence-corrected chi connectivity index (χ2v) is 9.43. The van der Waals surface area contributed by atoms with Gasteiger partial charge in [-0.25, -0.2) is 0 Å². The Labute approximate surface area is 196 Å². The van der Waals surface area contributed by atoms with Gasteiger partial charge in [0.2, 0.25) is 0 Å². The molecule has 0 unspecified atom stereocenters. The van der Waals surface area contributed by atoms with Gasteiger partial charge in [0.15, 0.2) is 0 Å². The van der Waals surface area contributed by atoms with E-state index in [2.05, 4.69) is 45.0 Å². The number of hydrogen-bond donors (Lipinski definition) is 1. The molecule has 0 amide bonds. The predicted molar refractivity (Wildman–Crippen MR) is 141 cm³/mol. The minimum atomic E-state index is -0.231. The third-order valence-corrected chi connectivity index (χ3v) is 6.01. The molecule has 1 aromatic carbocycles. The Morgan fingerprint density at radius 2 is 1.00 bits per heavy atom. The minimum absolute atomic E-state index is 0. The number of unbranched alkanes of at least 4 members (excludes halogenated alkanes) is 15. The van der Waals surface area contributed by atoms with Crippen molar-refractivity contribution >= 4 is 12.4 Å². The molecule has 0 fully saturated rings. The first-order chi connectivity index (χ1) is 13.6. The maximum Gasteiger partial charge on any atom is 0.0355 e. The van der Waals surface area contributed by atoms with E-state index in [1.807, 2.05) is 0 Å². The summed E-state index contributed by atoms with van der Waals surface area (Å²) in [6.45, 7) is 6.52. The Hall–Kier alpha value is -0.530. The fourth-order valence-electron chi connectivity index (χ4n) is 4.23. The van der Waals surface area contributed by atoms with Gasteiger partial charge in [0, 0.05) is 5.54 Å². The van der Waals surface area contributed by atoms with Gasteiger partial charge in [0.05, 0.1) is 0 Å². The maximum atomic E-state index is 6.32. The van der Waals surface area contributed by atoms with Crippen molar-refractivity contribution in [2.24, 2.45) is 5.73 Å². The summed E-state index contributed by atoms with van der Waals surface area (Å²) >= 11 is 0. The molecule has 1 aromatic rings. The fourth-order valence-corrected chi connectivity index (χ4v) is 4.23. The molecule has 0 radical (unpaired) electrons. The molecule has 1 nitrogen and oxygen atoms in total. The number of nitrogens with two attached hydrogens (primary N) is 1. The van der Waals surface area contributed by atoms with Gasteiger partial charge in [-0.1, -0.05) is 135 Å². The number of hydrogen-bond acceptors (Lipinski definition) is 1. The highest BCUT2D eigenvalue weighted by Crippen LogP contribution is 2.23. The average Bonchev–Trinajstić information content (AvgIpc) is 2.67. The highest BCUT2D eigenvalue weighted by molar-refractivity contribution is 5.85. The van der Waals surface area contributed by atoms with E-state index in [9.17, 15) is 0 Å². The van der Waals surface area contributed by atoms with Crippen LogP contribution in [0.15, 0.2) is 24.3 Å². The van der Waals surface area contributed by atoms with Gasteiger partial charge in [0.1, 0.15) is 0 Å².